The Morgan fingerprint density at radius 1 is 1.21 bits per heavy atom. The number of hydrogen-bond donors (Lipinski definition) is 2. The fourth-order valence-electron chi connectivity index (χ4n) is 2.17. The van der Waals surface area contributed by atoms with Crippen molar-refractivity contribution in [1.29, 1.82) is 0 Å². The molecule has 0 aliphatic carbocycles. The minimum absolute atomic E-state index is 0.110. The number of carbonyl (C=O) groups is 1. The number of aromatic nitrogens is 3. The molecule has 0 fully saturated rings. The highest BCUT2D eigenvalue weighted by molar-refractivity contribution is 5.91. The number of ether oxygens (including phenoxy) is 2. The quantitative estimate of drug-likeness (QED) is 0.810. The summed E-state index contributed by atoms with van der Waals surface area (Å²) in [7, 11) is 3.11. The summed E-state index contributed by atoms with van der Waals surface area (Å²) >= 11 is 0. The lowest BCUT2D eigenvalue weighted by molar-refractivity contribution is 0.239. The van der Waals surface area contributed by atoms with E-state index < -0.39 is 0 Å². The Bertz CT molecular complexity index is 658. The number of urea groups is 1. The van der Waals surface area contributed by atoms with Gasteiger partial charge in [-0.25, -0.2) is 4.79 Å². The predicted octanol–water partition coefficient (Wildman–Crippen LogP) is 2.14. The van der Waals surface area contributed by atoms with Crippen LogP contribution >= 0.6 is 0 Å². The number of carbonyl (C=O) groups excluding carboxylic acids is 1. The average molecular weight is 333 g/mol. The molecule has 1 heterocycles. The van der Waals surface area contributed by atoms with Crippen LogP contribution in [-0.4, -0.2) is 41.3 Å². The molecule has 0 aliphatic heterocycles. The fraction of sp³-hybridized carbons (Fsp3) is 0.438. The van der Waals surface area contributed by atoms with Gasteiger partial charge in [-0.05, 0) is 18.1 Å². The molecule has 0 saturated carbocycles. The SMILES string of the molecule is COc1ccc(NC(=O)NC(Cn2nccn2)C(C)C)c(OC)c1. The zero-order valence-electron chi connectivity index (χ0n) is 14.3. The van der Waals surface area contributed by atoms with E-state index in [2.05, 4.69) is 20.8 Å². The Hall–Kier alpha value is -2.77. The standard InChI is InChI=1S/C16H23N5O3/c1-11(2)14(10-21-17-7-8-18-21)20-16(22)19-13-6-5-12(23-3)9-15(13)24-4/h5-9,11,14H,10H2,1-4H3,(H2,19,20,22). The van der Waals surface area contributed by atoms with Crippen LogP contribution in [0.1, 0.15) is 13.8 Å². The average Bonchev–Trinajstić information content (AvgIpc) is 3.07. The summed E-state index contributed by atoms with van der Waals surface area (Å²) in [5.41, 5.74) is 0.565. The Balaban J connectivity index is 2.03. The van der Waals surface area contributed by atoms with Crippen LogP contribution in [0.2, 0.25) is 0 Å². The molecular weight excluding hydrogens is 310 g/mol. The first-order chi connectivity index (χ1) is 11.5. The molecule has 2 rings (SSSR count). The van der Waals surface area contributed by atoms with E-state index in [9.17, 15) is 4.79 Å². The molecule has 1 atom stereocenters. The van der Waals surface area contributed by atoms with E-state index in [4.69, 9.17) is 9.47 Å². The minimum Gasteiger partial charge on any atom is -0.497 e. The number of methoxy groups -OCH3 is 2. The molecule has 2 aromatic rings. The number of anilines is 1. The van der Waals surface area contributed by atoms with Crippen LogP contribution < -0.4 is 20.1 Å². The van der Waals surface area contributed by atoms with Gasteiger partial charge in [-0.1, -0.05) is 13.8 Å². The van der Waals surface area contributed by atoms with Crippen LogP contribution in [0, 0.1) is 5.92 Å². The van der Waals surface area contributed by atoms with Gasteiger partial charge in [0.15, 0.2) is 0 Å². The van der Waals surface area contributed by atoms with Gasteiger partial charge in [-0.2, -0.15) is 15.0 Å². The van der Waals surface area contributed by atoms with Crippen molar-refractivity contribution in [1.82, 2.24) is 20.3 Å². The van der Waals surface area contributed by atoms with Gasteiger partial charge < -0.3 is 20.1 Å². The summed E-state index contributed by atoms with van der Waals surface area (Å²) in [5, 5.41) is 13.9. The lowest BCUT2D eigenvalue weighted by Crippen LogP contribution is -2.44. The molecule has 8 nitrogen and oxygen atoms in total. The molecule has 1 aromatic carbocycles. The molecular formula is C16H23N5O3. The van der Waals surface area contributed by atoms with Crippen LogP contribution in [0.4, 0.5) is 10.5 Å². The topological polar surface area (TPSA) is 90.3 Å². The van der Waals surface area contributed by atoms with Crippen molar-refractivity contribution in [2.24, 2.45) is 5.92 Å². The number of amides is 2. The molecule has 0 aliphatic rings. The van der Waals surface area contributed by atoms with Crippen molar-refractivity contribution in [2.75, 3.05) is 19.5 Å². The molecule has 0 radical (unpaired) electrons. The Morgan fingerprint density at radius 2 is 1.92 bits per heavy atom. The highest BCUT2D eigenvalue weighted by Gasteiger charge is 2.18. The van der Waals surface area contributed by atoms with E-state index in [1.165, 1.54) is 7.11 Å². The maximum atomic E-state index is 12.3. The van der Waals surface area contributed by atoms with Crippen molar-refractivity contribution in [3.05, 3.63) is 30.6 Å². The number of benzene rings is 1. The van der Waals surface area contributed by atoms with Crippen molar-refractivity contribution in [3.63, 3.8) is 0 Å². The van der Waals surface area contributed by atoms with Crippen LogP contribution in [0.15, 0.2) is 30.6 Å². The van der Waals surface area contributed by atoms with Crippen LogP contribution in [-0.2, 0) is 6.54 Å². The van der Waals surface area contributed by atoms with Gasteiger partial charge >= 0.3 is 6.03 Å². The third-order valence-corrected chi connectivity index (χ3v) is 3.60. The molecule has 0 bridgehead atoms. The molecule has 130 valence electrons. The Kier molecular flexibility index (Phi) is 6.00. The summed E-state index contributed by atoms with van der Waals surface area (Å²) in [5.74, 6) is 1.40. The Labute approximate surface area is 141 Å². The van der Waals surface area contributed by atoms with E-state index in [0.717, 1.165) is 0 Å². The van der Waals surface area contributed by atoms with Gasteiger partial charge in [0.2, 0.25) is 0 Å². The van der Waals surface area contributed by atoms with Gasteiger partial charge in [-0.15, -0.1) is 0 Å². The summed E-state index contributed by atoms with van der Waals surface area (Å²) in [4.78, 5) is 13.9. The van der Waals surface area contributed by atoms with E-state index in [1.807, 2.05) is 13.8 Å². The normalized spacial score (nSPS) is 11.9. The molecule has 1 aromatic heterocycles. The minimum atomic E-state index is -0.315. The van der Waals surface area contributed by atoms with Crippen molar-refractivity contribution >= 4 is 11.7 Å². The zero-order valence-corrected chi connectivity index (χ0v) is 14.3. The first-order valence-electron chi connectivity index (χ1n) is 7.67. The number of nitrogens with zero attached hydrogens (tertiary/aromatic N) is 3. The third-order valence-electron chi connectivity index (χ3n) is 3.60. The second kappa shape index (κ2) is 8.19. The molecule has 0 spiro atoms. The third kappa shape index (κ3) is 4.61. The number of hydrogen-bond acceptors (Lipinski definition) is 5. The van der Waals surface area contributed by atoms with Crippen LogP contribution in [0.3, 0.4) is 0 Å². The molecule has 1 unspecified atom stereocenters. The van der Waals surface area contributed by atoms with Gasteiger partial charge in [0.1, 0.15) is 11.5 Å². The van der Waals surface area contributed by atoms with Crippen molar-refractivity contribution < 1.29 is 14.3 Å². The van der Waals surface area contributed by atoms with Crippen LogP contribution in [0.25, 0.3) is 0 Å². The maximum Gasteiger partial charge on any atom is 0.319 e. The summed E-state index contributed by atoms with van der Waals surface area (Å²) in [6.45, 7) is 4.56. The lowest BCUT2D eigenvalue weighted by atomic mass is 10.1. The largest absolute Gasteiger partial charge is 0.497 e. The summed E-state index contributed by atoms with van der Waals surface area (Å²) in [6.07, 6.45) is 3.22. The van der Waals surface area contributed by atoms with Crippen molar-refractivity contribution in [3.8, 4) is 11.5 Å². The summed E-state index contributed by atoms with van der Waals surface area (Å²) < 4.78 is 10.4. The van der Waals surface area contributed by atoms with Gasteiger partial charge in [0, 0.05) is 6.07 Å². The zero-order chi connectivity index (χ0) is 17.5. The van der Waals surface area contributed by atoms with Gasteiger partial charge in [0.25, 0.3) is 0 Å². The lowest BCUT2D eigenvalue weighted by Gasteiger charge is -2.22. The van der Waals surface area contributed by atoms with Gasteiger partial charge in [-0.3, -0.25) is 0 Å². The van der Waals surface area contributed by atoms with E-state index in [1.54, 1.807) is 42.5 Å². The fourth-order valence-corrected chi connectivity index (χ4v) is 2.17. The second-order valence-corrected chi connectivity index (χ2v) is 5.60. The molecule has 2 N–H and O–H groups in total. The first kappa shape index (κ1) is 17.6. The first-order valence-corrected chi connectivity index (χ1v) is 7.67. The van der Waals surface area contributed by atoms with E-state index >= 15 is 0 Å². The molecule has 24 heavy (non-hydrogen) atoms. The van der Waals surface area contributed by atoms with Gasteiger partial charge in [0.05, 0.1) is 44.9 Å². The monoisotopic (exact) mass is 333 g/mol. The van der Waals surface area contributed by atoms with E-state index in [-0.39, 0.29) is 18.0 Å². The molecule has 0 saturated heterocycles. The Morgan fingerprint density at radius 3 is 2.50 bits per heavy atom. The predicted molar refractivity (Wildman–Crippen MR) is 90.3 cm³/mol. The van der Waals surface area contributed by atoms with E-state index in [0.29, 0.717) is 23.7 Å². The smallest absolute Gasteiger partial charge is 0.319 e. The highest BCUT2D eigenvalue weighted by Crippen LogP contribution is 2.28. The second-order valence-electron chi connectivity index (χ2n) is 5.60. The number of nitrogens with one attached hydrogen (secondary N) is 2. The van der Waals surface area contributed by atoms with Crippen LogP contribution in [0.5, 0.6) is 11.5 Å². The molecule has 8 heteroatoms. The maximum absolute atomic E-state index is 12.3. The molecule has 2 amide bonds. The van der Waals surface area contributed by atoms with Crippen molar-refractivity contribution in [2.45, 2.75) is 26.4 Å². The summed E-state index contributed by atoms with van der Waals surface area (Å²) in [6, 6.07) is 4.77. The number of rotatable bonds is 7. The highest BCUT2D eigenvalue weighted by atomic mass is 16.5.